The van der Waals surface area contributed by atoms with E-state index in [2.05, 4.69) is 4.99 Å². The van der Waals surface area contributed by atoms with Crippen LogP contribution in [0.4, 0.5) is 0 Å². The van der Waals surface area contributed by atoms with Gasteiger partial charge in [0.25, 0.3) is 0 Å². The molecule has 57 valence electrons. The predicted molar refractivity (Wildman–Crippen MR) is 49.6 cm³/mol. The number of rotatable bonds is 1. The molecule has 0 N–H and O–H groups in total. The molecule has 0 atom stereocenters. The number of aliphatic imine (C=N–C) groups is 1. The summed E-state index contributed by atoms with van der Waals surface area (Å²) in [5.41, 5.74) is 1.07. The van der Waals surface area contributed by atoms with Gasteiger partial charge in [-0.05, 0) is 12.1 Å². The minimum Gasteiger partial charge on any atom is -0.476 e. The van der Waals surface area contributed by atoms with Crippen molar-refractivity contribution in [2.75, 3.05) is 13.2 Å². The second-order valence-corrected chi connectivity index (χ2v) is 2.40. The van der Waals surface area contributed by atoms with Crippen LogP contribution >= 0.6 is 0 Å². The van der Waals surface area contributed by atoms with Crippen LogP contribution in [-0.2, 0) is 4.74 Å². The van der Waals surface area contributed by atoms with E-state index in [-0.39, 0.29) is 18.9 Å². The van der Waals surface area contributed by atoms with Crippen molar-refractivity contribution in [3.8, 4) is 0 Å². The molecule has 0 bridgehead atoms. The van der Waals surface area contributed by atoms with Crippen molar-refractivity contribution in [1.82, 2.24) is 0 Å². The van der Waals surface area contributed by atoms with Gasteiger partial charge >= 0.3 is 0 Å². The van der Waals surface area contributed by atoms with Crippen molar-refractivity contribution in [3.05, 3.63) is 35.9 Å². The number of nitrogens with zero attached hydrogens (tertiary/aromatic N) is 1. The third-order valence-electron chi connectivity index (χ3n) is 1.61. The number of hydrogen-bond donors (Lipinski definition) is 0. The summed E-state index contributed by atoms with van der Waals surface area (Å²) in [7, 11) is 0. The molecule has 3 heteroatoms. The molecule has 0 fully saturated rings. The summed E-state index contributed by atoms with van der Waals surface area (Å²) in [4.78, 5) is 4.20. The van der Waals surface area contributed by atoms with Crippen LogP contribution in [0.3, 0.4) is 0 Å². The van der Waals surface area contributed by atoms with Crippen molar-refractivity contribution in [2.24, 2.45) is 4.99 Å². The number of hydrogen-bond acceptors (Lipinski definition) is 2. The van der Waals surface area contributed by atoms with Crippen LogP contribution in [0.5, 0.6) is 0 Å². The van der Waals surface area contributed by atoms with Gasteiger partial charge in [-0.15, -0.1) is 0 Å². The molecule has 0 aliphatic carbocycles. The van der Waals surface area contributed by atoms with Crippen molar-refractivity contribution < 1.29 is 4.74 Å². The van der Waals surface area contributed by atoms with Crippen molar-refractivity contribution in [2.45, 2.75) is 0 Å². The fourth-order valence-electron chi connectivity index (χ4n) is 1.09. The second-order valence-electron chi connectivity index (χ2n) is 2.40. The smallest absolute Gasteiger partial charge is 0.216 e. The molecular formula is C9H9LiNO. The molecule has 0 spiro atoms. The molecule has 1 heterocycles. The summed E-state index contributed by atoms with van der Waals surface area (Å²) in [5, 5.41) is 0. The summed E-state index contributed by atoms with van der Waals surface area (Å²) in [6.45, 7) is 1.52. The van der Waals surface area contributed by atoms with Crippen LogP contribution in [0.2, 0.25) is 0 Å². The zero-order valence-electron chi connectivity index (χ0n) is 7.16. The Morgan fingerprint density at radius 3 is 2.50 bits per heavy atom. The van der Waals surface area contributed by atoms with Crippen LogP contribution < -0.4 is 0 Å². The van der Waals surface area contributed by atoms with E-state index in [1.165, 1.54) is 0 Å². The summed E-state index contributed by atoms with van der Waals surface area (Å²) in [5.74, 6) is 0.783. The molecule has 2 nitrogen and oxygen atoms in total. The summed E-state index contributed by atoms with van der Waals surface area (Å²) in [6.07, 6.45) is 0. The van der Waals surface area contributed by atoms with E-state index in [0.717, 1.165) is 24.6 Å². The van der Waals surface area contributed by atoms with Gasteiger partial charge in [0.05, 0.1) is 6.54 Å². The average Bonchev–Trinajstić information content (AvgIpc) is 2.58. The predicted octanol–water partition coefficient (Wildman–Crippen LogP) is 1.08. The van der Waals surface area contributed by atoms with E-state index in [0.29, 0.717) is 0 Å². The van der Waals surface area contributed by atoms with Gasteiger partial charge in [0, 0.05) is 24.4 Å². The Morgan fingerprint density at radius 1 is 1.17 bits per heavy atom. The molecule has 0 unspecified atom stereocenters. The van der Waals surface area contributed by atoms with Gasteiger partial charge in [-0.25, -0.2) is 4.99 Å². The van der Waals surface area contributed by atoms with Gasteiger partial charge in [-0.2, -0.15) is 0 Å². The van der Waals surface area contributed by atoms with Crippen molar-refractivity contribution in [1.29, 1.82) is 0 Å². The Balaban J connectivity index is 0.000000720. The van der Waals surface area contributed by atoms with Gasteiger partial charge in [0.1, 0.15) is 6.61 Å². The summed E-state index contributed by atoms with van der Waals surface area (Å²) in [6, 6.07) is 9.96. The van der Waals surface area contributed by atoms with Crippen molar-refractivity contribution in [3.63, 3.8) is 0 Å². The van der Waals surface area contributed by atoms with E-state index in [1.54, 1.807) is 0 Å². The third kappa shape index (κ3) is 1.91. The number of ether oxygens (including phenoxy) is 1. The molecule has 0 amide bonds. The van der Waals surface area contributed by atoms with Gasteiger partial charge in [-0.3, -0.25) is 0 Å². The maximum atomic E-state index is 5.29. The molecule has 1 aliphatic heterocycles. The largest absolute Gasteiger partial charge is 0.476 e. The Hall–Kier alpha value is -0.713. The zero-order chi connectivity index (χ0) is 7.52. The van der Waals surface area contributed by atoms with Crippen LogP contribution in [-0.4, -0.2) is 37.9 Å². The Labute approximate surface area is 83.8 Å². The normalized spacial score (nSPS) is 14.5. The third-order valence-corrected chi connectivity index (χ3v) is 1.61. The first-order valence-corrected chi connectivity index (χ1v) is 3.69. The molecule has 0 aromatic heterocycles. The first-order valence-electron chi connectivity index (χ1n) is 3.69. The quantitative estimate of drug-likeness (QED) is 0.554. The van der Waals surface area contributed by atoms with Gasteiger partial charge < -0.3 is 4.74 Å². The van der Waals surface area contributed by atoms with E-state index in [1.807, 2.05) is 30.3 Å². The van der Waals surface area contributed by atoms with E-state index >= 15 is 0 Å². The fourth-order valence-corrected chi connectivity index (χ4v) is 1.09. The van der Waals surface area contributed by atoms with E-state index in [9.17, 15) is 0 Å². The molecule has 1 radical (unpaired) electrons. The Morgan fingerprint density at radius 2 is 1.92 bits per heavy atom. The molecule has 12 heavy (non-hydrogen) atoms. The maximum Gasteiger partial charge on any atom is 0.216 e. The van der Waals surface area contributed by atoms with Crippen molar-refractivity contribution >= 4 is 24.8 Å². The summed E-state index contributed by atoms with van der Waals surface area (Å²) >= 11 is 0. The van der Waals surface area contributed by atoms with Crippen LogP contribution in [0.15, 0.2) is 35.3 Å². The fraction of sp³-hybridized carbons (Fsp3) is 0.222. The van der Waals surface area contributed by atoms with Crippen LogP contribution in [0.1, 0.15) is 5.56 Å². The molecule has 0 saturated carbocycles. The number of benzene rings is 1. The minimum atomic E-state index is 0. The minimum absolute atomic E-state index is 0. The molecule has 0 saturated heterocycles. The van der Waals surface area contributed by atoms with Gasteiger partial charge in [0.2, 0.25) is 5.90 Å². The Bertz CT molecular complexity index is 271. The zero-order valence-corrected chi connectivity index (χ0v) is 7.16. The van der Waals surface area contributed by atoms with E-state index < -0.39 is 0 Å². The standard InChI is InChI=1S/C9H9NO.Li/c1-2-4-8(5-3-1)9-10-6-7-11-9;/h1-5H,6-7H2;. The van der Waals surface area contributed by atoms with Crippen LogP contribution in [0.25, 0.3) is 0 Å². The van der Waals surface area contributed by atoms with E-state index in [4.69, 9.17) is 4.74 Å². The first-order chi connectivity index (χ1) is 5.47. The second kappa shape index (κ2) is 4.35. The topological polar surface area (TPSA) is 21.6 Å². The molecule has 1 aromatic carbocycles. The summed E-state index contributed by atoms with van der Waals surface area (Å²) < 4.78 is 5.29. The SMILES string of the molecule is [Li].c1ccc(C2=NCCO2)cc1. The molecule has 2 rings (SSSR count). The Kier molecular flexibility index (Phi) is 3.40. The monoisotopic (exact) mass is 154 g/mol. The molecule has 1 aliphatic rings. The maximum absolute atomic E-state index is 5.29. The van der Waals surface area contributed by atoms with Gasteiger partial charge in [-0.1, -0.05) is 18.2 Å². The average molecular weight is 154 g/mol. The van der Waals surface area contributed by atoms with Crippen LogP contribution in [0, 0.1) is 0 Å². The first kappa shape index (κ1) is 9.38. The molecular weight excluding hydrogens is 145 g/mol. The van der Waals surface area contributed by atoms with Gasteiger partial charge in [0.15, 0.2) is 0 Å². The molecule has 1 aromatic rings.